The van der Waals surface area contributed by atoms with E-state index < -0.39 is 0 Å². The molecule has 106 valence electrons. The van der Waals surface area contributed by atoms with E-state index in [-0.39, 0.29) is 0 Å². The van der Waals surface area contributed by atoms with E-state index in [1.807, 2.05) is 30.3 Å². The number of rotatable bonds is 5. The van der Waals surface area contributed by atoms with Crippen molar-refractivity contribution in [2.45, 2.75) is 13.2 Å². The van der Waals surface area contributed by atoms with E-state index in [0.717, 1.165) is 11.1 Å². The molecule has 0 spiro atoms. The highest BCUT2D eigenvalue weighted by atomic mass is 35.5. The van der Waals surface area contributed by atoms with Crippen LogP contribution in [0.1, 0.15) is 11.1 Å². The third-order valence-electron chi connectivity index (χ3n) is 2.88. The van der Waals surface area contributed by atoms with Gasteiger partial charge in [-0.25, -0.2) is 0 Å². The molecule has 0 saturated heterocycles. The van der Waals surface area contributed by atoms with Crippen LogP contribution in [0.5, 0.6) is 11.5 Å². The molecule has 2 N–H and O–H groups in total. The first-order valence-corrected chi connectivity index (χ1v) is 6.84. The van der Waals surface area contributed by atoms with Gasteiger partial charge in [0.2, 0.25) is 0 Å². The molecule has 0 atom stereocenters. The van der Waals surface area contributed by atoms with Crippen molar-refractivity contribution in [3.63, 3.8) is 0 Å². The van der Waals surface area contributed by atoms with E-state index in [1.165, 1.54) is 0 Å². The molecule has 0 radical (unpaired) electrons. The van der Waals surface area contributed by atoms with E-state index in [1.54, 1.807) is 13.2 Å². The summed E-state index contributed by atoms with van der Waals surface area (Å²) in [5, 5.41) is 1.02. The molecule has 20 heavy (non-hydrogen) atoms. The SMILES string of the molecule is COc1cc(CN)ccc1OCc1cccc(Cl)c1Cl. The van der Waals surface area contributed by atoms with Gasteiger partial charge in [0.05, 0.1) is 17.2 Å². The molecule has 2 rings (SSSR count). The third-order valence-corrected chi connectivity index (χ3v) is 3.74. The van der Waals surface area contributed by atoms with Gasteiger partial charge in [-0.3, -0.25) is 0 Å². The Morgan fingerprint density at radius 2 is 1.90 bits per heavy atom. The highest BCUT2D eigenvalue weighted by molar-refractivity contribution is 6.42. The largest absolute Gasteiger partial charge is 0.493 e. The van der Waals surface area contributed by atoms with Crippen molar-refractivity contribution in [3.8, 4) is 11.5 Å². The third kappa shape index (κ3) is 3.37. The fourth-order valence-corrected chi connectivity index (χ4v) is 2.15. The lowest BCUT2D eigenvalue weighted by Crippen LogP contribution is -2.01. The number of benzene rings is 2. The van der Waals surface area contributed by atoms with Gasteiger partial charge < -0.3 is 15.2 Å². The topological polar surface area (TPSA) is 44.5 Å². The summed E-state index contributed by atoms with van der Waals surface area (Å²) in [6.07, 6.45) is 0. The van der Waals surface area contributed by atoms with Crippen LogP contribution in [0.2, 0.25) is 10.0 Å². The Hall–Kier alpha value is -1.42. The Labute approximate surface area is 128 Å². The molecule has 5 heteroatoms. The van der Waals surface area contributed by atoms with E-state index in [2.05, 4.69) is 0 Å². The molecule has 0 amide bonds. The number of ether oxygens (including phenoxy) is 2. The second kappa shape index (κ2) is 6.84. The summed E-state index contributed by atoms with van der Waals surface area (Å²) in [4.78, 5) is 0. The lowest BCUT2D eigenvalue weighted by molar-refractivity contribution is 0.284. The Balaban J connectivity index is 2.16. The molecule has 0 aliphatic carbocycles. The van der Waals surface area contributed by atoms with Gasteiger partial charge in [-0.1, -0.05) is 41.4 Å². The standard InChI is InChI=1S/C15H15Cl2NO2/c1-19-14-7-10(8-18)5-6-13(14)20-9-11-3-2-4-12(16)15(11)17/h2-7H,8-9,18H2,1H3. The van der Waals surface area contributed by atoms with Gasteiger partial charge >= 0.3 is 0 Å². The Morgan fingerprint density at radius 3 is 2.60 bits per heavy atom. The summed E-state index contributed by atoms with van der Waals surface area (Å²) in [5.41, 5.74) is 7.40. The maximum absolute atomic E-state index is 6.12. The van der Waals surface area contributed by atoms with Crippen molar-refractivity contribution >= 4 is 23.2 Å². The van der Waals surface area contributed by atoms with Crippen LogP contribution in [-0.4, -0.2) is 7.11 Å². The van der Waals surface area contributed by atoms with Crippen molar-refractivity contribution in [3.05, 3.63) is 57.6 Å². The van der Waals surface area contributed by atoms with Crippen LogP contribution in [0, 0.1) is 0 Å². The average molecular weight is 312 g/mol. The van der Waals surface area contributed by atoms with Gasteiger partial charge in [0.1, 0.15) is 6.61 Å². The van der Waals surface area contributed by atoms with Gasteiger partial charge in [-0.2, -0.15) is 0 Å². The summed E-state index contributed by atoms with van der Waals surface area (Å²) in [6.45, 7) is 0.772. The Bertz CT molecular complexity index is 602. The first kappa shape index (κ1) is 15.0. The maximum atomic E-state index is 6.12. The first-order valence-electron chi connectivity index (χ1n) is 6.08. The molecular weight excluding hydrogens is 297 g/mol. The van der Waals surface area contributed by atoms with Crippen LogP contribution < -0.4 is 15.2 Å². The van der Waals surface area contributed by atoms with E-state index in [4.69, 9.17) is 38.4 Å². The number of nitrogens with two attached hydrogens (primary N) is 1. The zero-order valence-corrected chi connectivity index (χ0v) is 12.5. The van der Waals surface area contributed by atoms with Crippen LogP contribution in [0.3, 0.4) is 0 Å². The van der Waals surface area contributed by atoms with Crippen LogP contribution >= 0.6 is 23.2 Å². The van der Waals surface area contributed by atoms with Crippen LogP contribution in [0.4, 0.5) is 0 Å². The minimum absolute atomic E-state index is 0.317. The molecule has 0 aliphatic rings. The summed E-state index contributed by atoms with van der Waals surface area (Å²) < 4.78 is 11.0. The summed E-state index contributed by atoms with van der Waals surface area (Å²) in [7, 11) is 1.59. The van der Waals surface area contributed by atoms with Gasteiger partial charge in [0.15, 0.2) is 11.5 Å². The zero-order valence-electron chi connectivity index (χ0n) is 11.0. The molecule has 0 saturated carbocycles. The van der Waals surface area contributed by atoms with Crippen molar-refractivity contribution in [2.24, 2.45) is 5.73 Å². The van der Waals surface area contributed by atoms with Crippen molar-refractivity contribution in [2.75, 3.05) is 7.11 Å². The van der Waals surface area contributed by atoms with Gasteiger partial charge in [-0.05, 0) is 23.8 Å². The smallest absolute Gasteiger partial charge is 0.161 e. The number of hydrogen-bond donors (Lipinski definition) is 1. The van der Waals surface area contributed by atoms with Crippen molar-refractivity contribution < 1.29 is 9.47 Å². The summed E-state index contributed by atoms with van der Waals surface area (Å²) in [6, 6.07) is 11.0. The monoisotopic (exact) mass is 311 g/mol. The lowest BCUT2D eigenvalue weighted by Gasteiger charge is -2.12. The predicted molar refractivity (Wildman–Crippen MR) is 81.7 cm³/mol. The fourth-order valence-electron chi connectivity index (χ4n) is 1.77. The van der Waals surface area contributed by atoms with Crippen LogP contribution in [0.15, 0.2) is 36.4 Å². The van der Waals surface area contributed by atoms with Crippen LogP contribution in [0.25, 0.3) is 0 Å². The highest BCUT2D eigenvalue weighted by Crippen LogP contribution is 2.31. The minimum atomic E-state index is 0.317. The first-order chi connectivity index (χ1) is 9.65. The number of methoxy groups -OCH3 is 1. The van der Waals surface area contributed by atoms with E-state index >= 15 is 0 Å². The second-order valence-electron chi connectivity index (χ2n) is 4.19. The second-order valence-corrected chi connectivity index (χ2v) is 4.98. The van der Waals surface area contributed by atoms with E-state index in [0.29, 0.717) is 34.7 Å². The zero-order chi connectivity index (χ0) is 14.5. The molecule has 2 aromatic carbocycles. The van der Waals surface area contributed by atoms with Crippen molar-refractivity contribution in [1.29, 1.82) is 0 Å². The fraction of sp³-hybridized carbons (Fsp3) is 0.200. The quantitative estimate of drug-likeness (QED) is 0.906. The molecule has 2 aromatic rings. The molecule has 0 fully saturated rings. The van der Waals surface area contributed by atoms with Gasteiger partial charge in [-0.15, -0.1) is 0 Å². The number of hydrogen-bond acceptors (Lipinski definition) is 3. The molecular formula is C15H15Cl2NO2. The summed E-state index contributed by atoms with van der Waals surface area (Å²) in [5.74, 6) is 1.28. The molecule has 0 aliphatic heterocycles. The van der Waals surface area contributed by atoms with Crippen LogP contribution in [-0.2, 0) is 13.2 Å². The molecule has 0 bridgehead atoms. The molecule has 0 aromatic heterocycles. The highest BCUT2D eigenvalue weighted by Gasteiger charge is 2.08. The molecule has 0 heterocycles. The van der Waals surface area contributed by atoms with Gasteiger partial charge in [0.25, 0.3) is 0 Å². The predicted octanol–water partition coefficient (Wildman–Crippen LogP) is 4.04. The number of halogens is 2. The summed E-state index contributed by atoms with van der Waals surface area (Å²) >= 11 is 12.1. The maximum Gasteiger partial charge on any atom is 0.161 e. The Morgan fingerprint density at radius 1 is 1.10 bits per heavy atom. The van der Waals surface area contributed by atoms with E-state index in [9.17, 15) is 0 Å². The molecule has 0 unspecified atom stereocenters. The van der Waals surface area contributed by atoms with Crippen molar-refractivity contribution in [1.82, 2.24) is 0 Å². The van der Waals surface area contributed by atoms with Gasteiger partial charge in [0, 0.05) is 12.1 Å². The lowest BCUT2D eigenvalue weighted by atomic mass is 10.2. The molecule has 3 nitrogen and oxygen atoms in total. The Kier molecular flexibility index (Phi) is 5.12. The minimum Gasteiger partial charge on any atom is -0.493 e. The normalized spacial score (nSPS) is 10.4. The average Bonchev–Trinajstić information content (AvgIpc) is 2.48.